The van der Waals surface area contributed by atoms with E-state index >= 15 is 0 Å². The molecule has 0 saturated carbocycles. The van der Waals surface area contributed by atoms with E-state index in [0.29, 0.717) is 18.7 Å². The number of alkyl halides is 3. The summed E-state index contributed by atoms with van der Waals surface area (Å²) in [6.45, 7) is 2.71. The Balaban J connectivity index is 0.000000448. The van der Waals surface area contributed by atoms with Crippen molar-refractivity contribution in [2.24, 2.45) is 0 Å². The predicted octanol–water partition coefficient (Wildman–Crippen LogP) is 4.33. The molecule has 2 aliphatic heterocycles. The predicted molar refractivity (Wildman–Crippen MR) is 136 cm³/mol. The molecule has 0 radical (unpaired) electrons. The number of aromatic nitrogens is 1. The largest absolute Gasteiger partial charge is 0.490 e. The van der Waals surface area contributed by atoms with Crippen LogP contribution in [-0.2, 0) is 27.9 Å². The number of sulfonamides is 1. The van der Waals surface area contributed by atoms with Crippen LogP contribution in [0.15, 0.2) is 83.9 Å². The van der Waals surface area contributed by atoms with Crippen LogP contribution in [0.4, 0.5) is 13.2 Å². The summed E-state index contributed by atoms with van der Waals surface area (Å²) in [5.74, 6) is -2.30. The van der Waals surface area contributed by atoms with Gasteiger partial charge in [-0.1, -0.05) is 48.5 Å². The molecule has 1 fully saturated rings. The van der Waals surface area contributed by atoms with Crippen LogP contribution in [0.5, 0.6) is 5.75 Å². The third-order valence-corrected chi connectivity index (χ3v) is 8.43. The standard InChI is InChI=1S/C25H27N3O3S.C2HF3O2/c29-32(30)25-12-5-4-11-24(25)31-23-14-17-27(19-21-10-6-7-15-26-21)16-13-22(23)28(32)18-20-8-2-1-3-9-20;3-2(4,5)1(6)7/h1-12,15,22-23H,13-14,16-19H2;(H,6,7)/t22-,23-;/m0./s1. The number of para-hydroxylation sites is 1. The number of hydrogen-bond donors (Lipinski definition) is 1. The van der Waals surface area contributed by atoms with Crippen molar-refractivity contribution in [2.75, 3.05) is 13.1 Å². The van der Waals surface area contributed by atoms with E-state index in [9.17, 15) is 21.6 Å². The minimum atomic E-state index is -5.08. The first-order valence-corrected chi connectivity index (χ1v) is 13.7. The molecule has 0 unspecified atom stereocenters. The fraction of sp³-hybridized carbons (Fsp3) is 0.333. The lowest BCUT2D eigenvalue weighted by Crippen LogP contribution is -2.46. The molecule has 2 aromatic carbocycles. The zero-order chi connectivity index (χ0) is 28.0. The average molecular weight is 564 g/mol. The quantitative estimate of drug-likeness (QED) is 0.505. The first-order chi connectivity index (χ1) is 18.6. The van der Waals surface area contributed by atoms with Crippen LogP contribution in [-0.4, -0.2) is 65.1 Å². The van der Waals surface area contributed by atoms with Crippen molar-refractivity contribution in [3.8, 4) is 5.75 Å². The summed E-state index contributed by atoms with van der Waals surface area (Å²) >= 11 is 0. The summed E-state index contributed by atoms with van der Waals surface area (Å²) in [4.78, 5) is 16.0. The van der Waals surface area contributed by atoms with Gasteiger partial charge >= 0.3 is 12.1 Å². The van der Waals surface area contributed by atoms with Crippen molar-refractivity contribution < 1.29 is 36.2 Å². The van der Waals surface area contributed by atoms with Crippen LogP contribution in [0.25, 0.3) is 0 Å². The van der Waals surface area contributed by atoms with Gasteiger partial charge in [0.1, 0.15) is 16.7 Å². The third-order valence-electron chi connectivity index (χ3n) is 6.52. The van der Waals surface area contributed by atoms with Gasteiger partial charge in [-0.15, -0.1) is 0 Å². The number of carboxylic acids is 1. The number of aliphatic carboxylic acids is 1. The summed E-state index contributed by atoms with van der Waals surface area (Å²) in [5, 5.41) is 7.12. The number of pyridine rings is 1. The van der Waals surface area contributed by atoms with Gasteiger partial charge in [-0.2, -0.15) is 17.5 Å². The van der Waals surface area contributed by atoms with Crippen molar-refractivity contribution in [3.63, 3.8) is 0 Å². The number of halogens is 3. The van der Waals surface area contributed by atoms with E-state index in [0.717, 1.165) is 37.3 Å². The third kappa shape index (κ3) is 7.14. The van der Waals surface area contributed by atoms with Gasteiger partial charge in [0, 0.05) is 32.4 Å². The molecule has 2 atom stereocenters. The van der Waals surface area contributed by atoms with Gasteiger partial charge in [-0.3, -0.25) is 9.88 Å². The lowest BCUT2D eigenvalue weighted by Gasteiger charge is -2.32. The number of ether oxygens (including phenoxy) is 1. The van der Waals surface area contributed by atoms with Gasteiger partial charge in [-0.05, 0) is 42.7 Å². The lowest BCUT2D eigenvalue weighted by molar-refractivity contribution is -0.192. The van der Waals surface area contributed by atoms with E-state index in [1.54, 1.807) is 22.5 Å². The fourth-order valence-electron chi connectivity index (χ4n) is 4.65. The number of carbonyl (C=O) groups is 1. The van der Waals surface area contributed by atoms with E-state index < -0.39 is 22.2 Å². The second-order valence-electron chi connectivity index (χ2n) is 9.18. The Morgan fingerprint density at radius 1 is 0.949 bits per heavy atom. The molecule has 0 spiro atoms. The molecule has 3 aromatic rings. The minimum Gasteiger partial charge on any atom is -0.487 e. The maximum Gasteiger partial charge on any atom is 0.490 e. The van der Waals surface area contributed by atoms with Crippen LogP contribution < -0.4 is 4.74 Å². The molecule has 5 rings (SSSR count). The number of likely N-dealkylation sites (tertiary alicyclic amines) is 1. The first kappa shape index (κ1) is 28.5. The molecule has 0 aliphatic carbocycles. The topological polar surface area (TPSA) is 100 Å². The molecule has 12 heteroatoms. The van der Waals surface area contributed by atoms with Gasteiger partial charge in [0.25, 0.3) is 0 Å². The number of carboxylic acid groups (broad SMARTS) is 1. The summed E-state index contributed by atoms with van der Waals surface area (Å²) in [7, 11) is -3.70. The van der Waals surface area contributed by atoms with E-state index in [-0.39, 0.29) is 17.0 Å². The number of fused-ring (bicyclic) bond motifs is 2. The van der Waals surface area contributed by atoms with E-state index in [1.165, 1.54) is 0 Å². The van der Waals surface area contributed by atoms with E-state index in [2.05, 4.69) is 9.88 Å². The zero-order valence-electron chi connectivity index (χ0n) is 20.9. The Hall–Kier alpha value is -3.48. The van der Waals surface area contributed by atoms with Gasteiger partial charge in [0.05, 0.1) is 11.7 Å². The molecule has 2 aliphatic rings. The smallest absolute Gasteiger partial charge is 0.487 e. The van der Waals surface area contributed by atoms with Crippen LogP contribution >= 0.6 is 0 Å². The number of hydrogen-bond acceptors (Lipinski definition) is 6. The van der Waals surface area contributed by atoms with Crippen molar-refractivity contribution in [1.82, 2.24) is 14.2 Å². The van der Waals surface area contributed by atoms with E-state index in [1.807, 2.05) is 60.8 Å². The Morgan fingerprint density at radius 3 is 2.26 bits per heavy atom. The molecule has 1 N–H and O–H groups in total. The highest BCUT2D eigenvalue weighted by Gasteiger charge is 2.43. The second kappa shape index (κ2) is 12.1. The molecule has 1 saturated heterocycles. The maximum absolute atomic E-state index is 13.8. The van der Waals surface area contributed by atoms with Gasteiger partial charge in [0.2, 0.25) is 10.0 Å². The Labute approximate surface area is 224 Å². The number of nitrogens with zero attached hydrogens (tertiary/aromatic N) is 3. The Bertz CT molecular complexity index is 1360. The van der Waals surface area contributed by atoms with Crippen molar-refractivity contribution in [1.29, 1.82) is 0 Å². The zero-order valence-corrected chi connectivity index (χ0v) is 21.7. The summed E-state index contributed by atoms with van der Waals surface area (Å²) in [6, 6.07) is 22.5. The summed E-state index contributed by atoms with van der Waals surface area (Å²) < 4.78 is 67.4. The molecule has 0 amide bonds. The summed E-state index contributed by atoms with van der Waals surface area (Å²) in [5.41, 5.74) is 2.00. The molecule has 208 valence electrons. The van der Waals surface area contributed by atoms with Crippen molar-refractivity contribution in [3.05, 3.63) is 90.3 Å². The minimum absolute atomic E-state index is 0.203. The number of rotatable bonds is 4. The first-order valence-electron chi connectivity index (χ1n) is 12.3. The van der Waals surface area contributed by atoms with Gasteiger partial charge in [-0.25, -0.2) is 13.2 Å². The van der Waals surface area contributed by atoms with Crippen LogP contribution in [0.2, 0.25) is 0 Å². The molecule has 8 nitrogen and oxygen atoms in total. The van der Waals surface area contributed by atoms with Gasteiger partial charge < -0.3 is 9.84 Å². The Morgan fingerprint density at radius 2 is 1.59 bits per heavy atom. The summed E-state index contributed by atoms with van der Waals surface area (Å²) in [6.07, 6.45) is -2.01. The lowest BCUT2D eigenvalue weighted by atomic mass is 10.1. The maximum atomic E-state index is 13.8. The molecular formula is C27H28F3N3O5S. The van der Waals surface area contributed by atoms with E-state index in [4.69, 9.17) is 14.6 Å². The Kier molecular flexibility index (Phi) is 8.88. The number of benzene rings is 2. The molecular weight excluding hydrogens is 535 g/mol. The fourth-order valence-corrected chi connectivity index (χ4v) is 6.44. The van der Waals surface area contributed by atoms with Crippen molar-refractivity contribution in [2.45, 2.75) is 49.1 Å². The normalized spacial score (nSPS) is 21.1. The highest BCUT2D eigenvalue weighted by Crippen LogP contribution is 2.37. The molecule has 0 bridgehead atoms. The van der Waals surface area contributed by atoms with Crippen LogP contribution in [0.3, 0.4) is 0 Å². The van der Waals surface area contributed by atoms with Crippen LogP contribution in [0, 0.1) is 0 Å². The van der Waals surface area contributed by atoms with Gasteiger partial charge in [0.15, 0.2) is 0 Å². The highest BCUT2D eigenvalue weighted by atomic mass is 32.2. The average Bonchev–Trinajstić information content (AvgIpc) is 3.14. The highest BCUT2D eigenvalue weighted by molar-refractivity contribution is 7.89. The monoisotopic (exact) mass is 563 g/mol. The molecule has 1 aromatic heterocycles. The molecule has 3 heterocycles. The molecule has 39 heavy (non-hydrogen) atoms. The van der Waals surface area contributed by atoms with Crippen LogP contribution in [0.1, 0.15) is 24.1 Å². The van der Waals surface area contributed by atoms with Crippen molar-refractivity contribution >= 4 is 16.0 Å². The SMILES string of the molecule is O=C(O)C(F)(F)F.O=S1(=O)c2ccccc2O[C@H]2CCN(Cc3ccccn3)CC[C@@H]2N1Cc1ccccc1. The second-order valence-corrected chi connectivity index (χ2v) is 11.0.